The van der Waals surface area contributed by atoms with Crippen molar-refractivity contribution < 1.29 is 19.2 Å². The van der Waals surface area contributed by atoms with E-state index in [9.17, 15) is 19.2 Å². The maximum absolute atomic E-state index is 13.1. The second-order valence-corrected chi connectivity index (χ2v) is 7.34. The minimum atomic E-state index is -0.988. The van der Waals surface area contributed by atoms with E-state index in [2.05, 4.69) is 15.5 Å². The van der Waals surface area contributed by atoms with E-state index >= 15 is 0 Å². The van der Waals surface area contributed by atoms with Crippen LogP contribution in [-0.4, -0.2) is 65.6 Å². The Morgan fingerprint density at radius 2 is 1.74 bits per heavy atom. The molecule has 1 unspecified atom stereocenters. The molecular weight excluding hydrogens is 372 g/mol. The molecule has 3 heterocycles. The van der Waals surface area contributed by atoms with Crippen molar-refractivity contribution in [2.75, 3.05) is 26.2 Å². The smallest absolute Gasteiger partial charge is 0.263 e. The maximum Gasteiger partial charge on any atom is 0.263 e. The van der Waals surface area contributed by atoms with Gasteiger partial charge < -0.3 is 5.32 Å². The molecule has 1 aromatic carbocycles. The summed E-state index contributed by atoms with van der Waals surface area (Å²) in [5.41, 5.74) is 1.15. The van der Waals surface area contributed by atoms with Crippen molar-refractivity contribution in [2.24, 2.45) is 0 Å². The third kappa shape index (κ3) is 3.13. The van der Waals surface area contributed by atoms with E-state index < -0.39 is 29.7 Å². The molecule has 27 heavy (non-hydrogen) atoms. The van der Waals surface area contributed by atoms with Crippen LogP contribution >= 0.6 is 11.6 Å². The van der Waals surface area contributed by atoms with Crippen molar-refractivity contribution in [2.45, 2.75) is 25.4 Å². The van der Waals surface area contributed by atoms with E-state index in [1.165, 1.54) is 0 Å². The van der Waals surface area contributed by atoms with Crippen LogP contribution in [0.2, 0.25) is 5.02 Å². The number of nitrogens with one attached hydrogen (secondary N) is 2. The Balaban J connectivity index is 1.67. The molecule has 1 aromatic rings. The van der Waals surface area contributed by atoms with Crippen molar-refractivity contribution in [3.63, 3.8) is 0 Å². The third-order valence-corrected chi connectivity index (χ3v) is 5.55. The number of carbonyl (C=O) groups is 4. The highest BCUT2D eigenvalue weighted by Crippen LogP contribution is 2.34. The molecule has 3 aliphatic rings. The highest BCUT2D eigenvalue weighted by molar-refractivity contribution is 6.37. The number of amides is 4. The van der Waals surface area contributed by atoms with Crippen LogP contribution in [0.1, 0.15) is 39.1 Å². The molecule has 0 radical (unpaired) electrons. The number of benzene rings is 1. The van der Waals surface area contributed by atoms with Crippen molar-refractivity contribution >= 4 is 35.2 Å². The van der Waals surface area contributed by atoms with Gasteiger partial charge in [-0.1, -0.05) is 17.7 Å². The largest absolute Gasteiger partial charge is 0.314 e. The van der Waals surface area contributed by atoms with Crippen LogP contribution in [0.25, 0.3) is 0 Å². The molecule has 2 saturated heterocycles. The van der Waals surface area contributed by atoms with E-state index in [-0.39, 0.29) is 29.0 Å². The molecule has 0 aliphatic carbocycles. The van der Waals surface area contributed by atoms with Crippen LogP contribution < -0.4 is 10.6 Å². The molecule has 4 rings (SSSR count). The lowest BCUT2D eigenvalue weighted by Gasteiger charge is -2.28. The minimum Gasteiger partial charge on any atom is -0.314 e. The Bertz CT molecular complexity index is 850. The van der Waals surface area contributed by atoms with E-state index in [1.54, 1.807) is 12.1 Å². The number of halogens is 1. The minimum absolute atomic E-state index is 0.0885. The summed E-state index contributed by atoms with van der Waals surface area (Å²) in [5.74, 6) is -2.11. The average molecular weight is 391 g/mol. The predicted molar refractivity (Wildman–Crippen MR) is 96.3 cm³/mol. The Morgan fingerprint density at radius 3 is 2.44 bits per heavy atom. The van der Waals surface area contributed by atoms with Crippen LogP contribution in [0.4, 0.5) is 0 Å². The molecule has 0 bridgehead atoms. The summed E-state index contributed by atoms with van der Waals surface area (Å²) in [6.45, 7) is 3.95. The maximum atomic E-state index is 13.1. The molecule has 8 nitrogen and oxygen atoms in total. The van der Waals surface area contributed by atoms with Crippen molar-refractivity contribution in [1.29, 1.82) is 0 Å². The van der Waals surface area contributed by atoms with Gasteiger partial charge in [-0.2, -0.15) is 0 Å². The molecule has 0 saturated carbocycles. The zero-order valence-corrected chi connectivity index (χ0v) is 15.3. The van der Waals surface area contributed by atoms with E-state index in [0.29, 0.717) is 6.54 Å². The number of imide groups is 2. The first-order valence-corrected chi connectivity index (χ1v) is 9.31. The Hall–Kier alpha value is -2.29. The normalized spacial score (nSPS) is 23.6. The number of rotatable bonds is 3. The second-order valence-electron chi connectivity index (χ2n) is 6.93. The fourth-order valence-corrected chi connectivity index (χ4v) is 4.10. The molecule has 1 atom stereocenters. The Morgan fingerprint density at radius 1 is 1.04 bits per heavy atom. The van der Waals surface area contributed by atoms with Gasteiger partial charge >= 0.3 is 0 Å². The van der Waals surface area contributed by atoms with Gasteiger partial charge in [0.15, 0.2) is 0 Å². The number of piperidine rings is 1. The summed E-state index contributed by atoms with van der Waals surface area (Å²) in [5, 5.41) is 5.67. The van der Waals surface area contributed by atoms with Crippen molar-refractivity contribution in [3.05, 3.63) is 33.8 Å². The molecule has 9 heteroatoms. The average Bonchev–Trinajstić information content (AvgIpc) is 2.91. The SMILES string of the molecule is O=C1CCC(N2C(=O)c3c(Cl)ccc(CN4CCNCC4)c3C2=O)C(=O)N1. The molecule has 0 aromatic heterocycles. The van der Waals surface area contributed by atoms with Crippen LogP contribution in [0.15, 0.2) is 12.1 Å². The topological polar surface area (TPSA) is 98.8 Å². The first kappa shape index (κ1) is 18.1. The van der Waals surface area contributed by atoms with Crippen molar-refractivity contribution in [3.8, 4) is 0 Å². The van der Waals surface area contributed by atoms with Gasteiger partial charge in [0, 0.05) is 39.1 Å². The predicted octanol–water partition coefficient (Wildman–Crippen LogP) is 0.146. The molecule has 2 fully saturated rings. The standard InChI is InChI=1S/C18H19ClN4O4/c19-11-2-1-10(9-22-7-5-20-6-8-22)14-15(11)18(27)23(17(14)26)12-3-4-13(24)21-16(12)25/h1-2,12,20H,3-9H2,(H,21,24,25). The van der Waals surface area contributed by atoms with Gasteiger partial charge in [-0.15, -0.1) is 0 Å². The fourth-order valence-electron chi connectivity index (χ4n) is 3.86. The number of piperazine rings is 1. The van der Waals surface area contributed by atoms with Crippen LogP contribution in [0, 0.1) is 0 Å². The fraction of sp³-hybridized carbons (Fsp3) is 0.444. The highest BCUT2D eigenvalue weighted by atomic mass is 35.5. The Kier molecular flexibility index (Phi) is 4.71. The van der Waals surface area contributed by atoms with Crippen LogP contribution in [0.5, 0.6) is 0 Å². The third-order valence-electron chi connectivity index (χ3n) is 5.23. The van der Waals surface area contributed by atoms with E-state index in [1.807, 2.05) is 0 Å². The van der Waals surface area contributed by atoms with Crippen LogP contribution in [0.3, 0.4) is 0 Å². The van der Waals surface area contributed by atoms with Gasteiger partial charge in [-0.05, 0) is 18.1 Å². The summed E-state index contributed by atoms with van der Waals surface area (Å²) in [7, 11) is 0. The molecule has 3 aliphatic heterocycles. The quantitative estimate of drug-likeness (QED) is 0.713. The number of hydrogen-bond acceptors (Lipinski definition) is 6. The summed E-state index contributed by atoms with van der Waals surface area (Å²) in [4.78, 5) is 52.8. The second kappa shape index (κ2) is 7.03. The van der Waals surface area contributed by atoms with E-state index in [0.717, 1.165) is 36.6 Å². The number of nitrogens with zero attached hydrogens (tertiary/aromatic N) is 2. The lowest BCUT2D eigenvalue weighted by atomic mass is 10.0. The molecule has 0 spiro atoms. The van der Waals surface area contributed by atoms with Gasteiger partial charge in [0.2, 0.25) is 11.8 Å². The monoisotopic (exact) mass is 390 g/mol. The lowest BCUT2D eigenvalue weighted by Crippen LogP contribution is -2.54. The van der Waals surface area contributed by atoms with Gasteiger partial charge in [0.05, 0.1) is 16.1 Å². The lowest BCUT2D eigenvalue weighted by molar-refractivity contribution is -0.136. The van der Waals surface area contributed by atoms with Gasteiger partial charge in [0.1, 0.15) is 6.04 Å². The molecule has 2 N–H and O–H groups in total. The molecular formula is C18H19ClN4O4. The summed E-state index contributed by atoms with van der Waals surface area (Å²) < 4.78 is 0. The molecule has 142 valence electrons. The van der Waals surface area contributed by atoms with Crippen molar-refractivity contribution in [1.82, 2.24) is 20.4 Å². The van der Waals surface area contributed by atoms with Gasteiger partial charge in [-0.3, -0.25) is 34.3 Å². The summed E-state index contributed by atoms with van der Waals surface area (Å²) in [6.07, 6.45) is 0.214. The zero-order chi connectivity index (χ0) is 19.1. The number of fused-ring (bicyclic) bond motifs is 1. The highest BCUT2D eigenvalue weighted by Gasteiger charge is 2.46. The first-order chi connectivity index (χ1) is 13.0. The number of hydrogen-bond donors (Lipinski definition) is 2. The molecule has 4 amide bonds. The zero-order valence-electron chi connectivity index (χ0n) is 14.6. The Labute approximate surface area is 160 Å². The van der Waals surface area contributed by atoms with Gasteiger partial charge in [-0.25, -0.2) is 0 Å². The number of carbonyl (C=O) groups excluding carboxylic acids is 4. The summed E-state index contributed by atoms with van der Waals surface area (Å²) in [6, 6.07) is 2.40. The van der Waals surface area contributed by atoms with Gasteiger partial charge in [0.25, 0.3) is 11.8 Å². The first-order valence-electron chi connectivity index (χ1n) is 8.93. The van der Waals surface area contributed by atoms with E-state index in [4.69, 9.17) is 11.6 Å². The summed E-state index contributed by atoms with van der Waals surface area (Å²) >= 11 is 6.23. The van der Waals surface area contributed by atoms with Crippen LogP contribution in [-0.2, 0) is 16.1 Å².